The van der Waals surface area contributed by atoms with Crippen molar-refractivity contribution in [1.29, 1.82) is 0 Å². The van der Waals surface area contributed by atoms with Crippen LogP contribution in [0.25, 0.3) is 0 Å². The molecule has 1 aliphatic rings. The van der Waals surface area contributed by atoms with Crippen molar-refractivity contribution in [3.05, 3.63) is 18.5 Å². The van der Waals surface area contributed by atoms with Crippen molar-refractivity contribution in [3.8, 4) is 0 Å². The van der Waals surface area contributed by atoms with Gasteiger partial charge in [-0.2, -0.15) is 18.3 Å². The van der Waals surface area contributed by atoms with Crippen molar-refractivity contribution in [2.75, 3.05) is 6.54 Å². The quantitative estimate of drug-likeness (QED) is 0.814. The Bertz CT molecular complexity index is 402. The molecule has 1 atom stereocenters. The minimum Gasteiger partial charge on any atom is -0.329 e. The van der Waals surface area contributed by atoms with E-state index in [2.05, 4.69) is 5.10 Å². The Labute approximate surface area is 102 Å². The van der Waals surface area contributed by atoms with Crippen LogP contribution in [0.3, 0.4) is 0 Å². The molecule has 0 aliphatic carbocycles. The average molecular weight is 261 g/mol. The molecular formula is C11H14F3N3O. The van der Waals surface area contributed by atoms with E-state index in [0.29, 0.717) is 12.8 Å². The fourth-order valence-corrected chi connectivity index (χ4v) is 2.19. The summed E-state index contributed by atoms with van der Waals surface area (Å²) < 4.78 is 39.8. The number of carbonyl (C=O) groups is 1. The van der Waals surface area contributed by atoms with E-state index in [0.717, 1.165) is 4.90 Å². The molecule has 18 heavy (non-hydrogen) atoms. The van der Waals surface area contributed by atoms with E-state index < -0.39 is 18.1 Å². The van der Waals surface area contributed by atoms with Gasteiger partial charge >= 0.3 is 6.18 Å². The summed E-state index contributed by atoms with van der Waals surface area (Å²) in [5.74, 6) is -0.527. The molecule has 1 fully saturated rings. The van der Waals surface area contributed by atoms with Crippen LogP contribution >= 0.6 is 0 Å². The van der Waals surface area contributed by atoms with Crippen LogP contribution in [0.15, 0.2) is 18.5 Å². The van der Waals surface area contributed by atoms with Gasteiger partial charge < -0.3 is 4.90 Å². The maximum atomic E-state index is 12.8. The number of alkyl halides is 3. The molecular weight excluding hydrogens is 247 g/mol. The minimum absolute atomic E-state index is 0.00561. The lowest BCUT2D eigenvalue weighted by atomic mass is 10.0. The van der Waals surface area contributed by atoms with Crippen LogP contribution in [0, 0.1) is 0 Å². The second-order valence-electron chi connectivity index (χ2n) is 4.34. The second-order valence-corrected chi connectivity index (χ2v) is 4.34. The summed E-state index contributed by atoms with van der Waals surface area (Å²) in [6.45, 7) is 0.0316. The second kappa shape index (κ2) is 4.99. The smallest absolute Gasteiger partial charge is 0.329 e. The molecule has 2 heterocycles. The average Bonchev–Trinajstić information content (AvgIpc) is 2.80. The SMILES string of the molecule is O=C(Cn1cccn1)N1CCCCC1C(F)(F)F. The van der Waals surface area contributed by atoms with E-state index in [9.17, 15) is 18.0 Å². The van der Waals surface area contributed by atoms with E-state index in [1.54, 1.807) is 12.3 Å². The number of aromatic nitrogens is 2. The number of hydrogen-bond acceptors (Lipinski definition) is 2. The zero-order chi connectivity index (χ0) is 13.2. The highest BCUT2D eigenvalue weighted by Crippen LogP contribution is 2.31. The molecule has 0 spiro atoms. The summed E-state index contributed by atoms with van der Waals surface area (Å²) >= 11 is 0. The van der Waals surface area contributed by atoms with Gasteiger partial charge in [-0.1, -0.05) is 0 Å². The summed E-state index contributed by atoms with van der Waals surface area (Å²) in [6.07, 6.45) is -0.170. The van der Waals surface area contributed by atoms with Gasteiger partial charge in [-0.15, -0.1) is 0 Å². The summed E-state index contributed by atoms with van der Waals surface area (Å²) in [5.41, 5.74) is 0. The van der Waals surface area contributed by atoms with E-state index >= 15 is 0 Å². The van der Waals surface area contributed by atoms with E-state index in [1.807, 2.05) is 0 Å². The summed E-state index contributed by atoms with van der Waals surface area (Å²) in [5, 5.41) is 3.83. The Hall–Kier alpha value is -1.53. The van der Waals surface area contributed by atoms with Crippen LogP contribution in [0.2, 0.25) is 0 Å². The zero-order valence-electron chi connectivity index (χ0n) is 9.73. The first-order valence-electron chi connectivity index (χ1n) is 5.82. The van der Waals surface area contributed by atoms with Crippen molar-refractivity contribution < 1.29 is 18.0 Å². The maximum absolute atomic E-state index is 12.8. The molecule has 1 aliphatic heterocycles. The number of amides is 1. The third kappa shape index (κ3) is 2.83. The van der Waals surface area contributed by atoms with Crippen LogP contribution in [0.1, 0.15) is 19.3 Å². The van der Waals surface area contributed by atoms with Crippen LogP contribution in [0.5, 0.6) is 0 Å². The molecule has 7 heteroatoms. The molecule has 0 saturated carbocycles. The highest BCUT2D eigenvalue weighted by atomic mass is 19.4. The molecule has 0 bridgehead atoms. The number of carbonyl (C=O) groups excluding carboxylic acids is 1. The maximum Gasteiger partial charge on any atom is 0.408 e. The number of halogens is 3. The van der Waals surface area contributed by atoms with E-state index in [1.165, 1.54) is 10.9 Å². The molecule has 1 aromatic rings. The monoisotopic (exact) mass is 261 g/mol. The lowest BCUT2D eigenvalue weighted by Crippen LogP contribution is -2.52. The zero-order valence-corrected chi connectivity index (χ0v) is 9.73. The lowest BCUT2D eigenvalue weighted by molar-refractivity contribution is -0.196. The van der Waals surface area contributed by atoms with Gasteiger partial charge in [0.15, 0.2) is 0 Å². The normalized spacial score (nSPS) is 21.1. The third-order valence-corrected chi connectivity index (χ3v) is 3.06. The first kappa shape index (κ1) is 12.9. The Morgan fingerprint density at radius 2 is 2.17 bits per heavy atom. The highest BCUT2D eigenvalue weighted by Gasteiger charge is 2.46. The molecule has 1 amide bonds. The first-order chi connectivity index (χ1) is 8.48. The van der Waals surface area contributed by atoms with Gasteiger partial charge in [-0.3, -0.25) is 9.48 Å². The predicted molar refractivity (Wildman–Crippen MR) is 57.6 cm³/mol. The van der Waals surface area contributed by atoms with Crippen molar-refractivity contribution in [2.45, 2.75) is 38.0 Å². The van der Waals surface area contributed by atoms with Crippen LogP contribution in [-0.4, -0.2) is 39.4 Å². The fourth-order valence-electron chi connectivity index (χ4n) is 2.19. The van der Waals surface area contributed by atoms with Crippen molar-refractivity contribution >= 4 is 5.91 Å². The van der Waals surface area contributed by atoms with E-state index in [4.69, 9.17) is 0 Å². The van der Waals surface area contributed by atoms with Gasteiger partial charge in [-0.05, 0) is 25.3 Å². The van der Waals surface area contributed by atoms with Crippen molar-refractivity contribution in [1.82, 2.24) is 14.7 Å². The van der Waals surface area contributed by atoms with Crippen molar-refractivity contribution in [3.63, 3.8) is 0 Å². The summed E-state index contributed by atoms with van der Waals surface area (Å²) in [4.78, 5) is 12.8. The summed E-state index contributed by atoms with van der Waals surface area (Å²) in [7, 11) is 0. The van der Waals surface area contributed by atoms with Crippen LogP contribution in [0.4, 0.5) is 13.2 Å². The Morgan fingerprint density at radius 3 is 2.78 bits per heavy atom. The van der Waals surface area contributed by atoms with Gasteiger partial charge in [-0.25, -0.2) is 0 Å². The standard InChI is InChI=1S/C11H14F3N3O/c12-11(13,14)9-4-1-2-7-17(9)10(18)8-16-6-3-5-15-16/h3,5-6,9H,1-2,4,7-8H2. The molecule has 1 aromatic heterocycles. The number of rotatable bonds is 2. The van der Waals surface area contributed by atoms with Gasteiger partial charge in [0.05, 0.1) is 0 Å². The highest BCUT2D eigenvalue weighted by molar-refractivity contribution is 5.76. The first-order valence-corrected chi connectivity index (χ1v) is 5.82. The van der Waals surface area contributed by atoms with Gasteiger partial charge in [0.2, 0.25) is 5.91 Å². The van der Waals surface area contributed by atoms with Crippen LogP contribution < -0.4 is 0 Å². The summed E-state index contributed by atoms with van der Waals surface area (Å²) in [6, 6.07) is -0.0145. The Kier molecular flexibility index (Phi) is 3.58. The van der Waals surface area contributed by atoms with Gasteiger partial charge in [0.1, 0.15) is 12.6 Å². The Balaban J connectivity index is 2.06. The molecule has 0 aromatic carbocycles. The largest absolute Gasteiger partial charge is 0.408 e. The number of nitrogens with zero attached hydrogens (tertiary/aromatic N) is 3. The van der Waals surface area contributed by atoms with Crippen molar-refractivity contribution in [2.24, 2.45) is 0 Å². The van der Waals surface area contributed by atoms with Gasteiger partial charge in [0, 0.05) is 18.9 Å². The number of hydrogen-bond donors (Lipinski definition) is 0. The minimum atomic E-state index is -4.35. The molecule has 100 valence electrons. The fraction of sp³-hybridized carbons (Fsp3) is 0.636. The van der Waals surface area contributed by atoms with Gasteiger partial charge in [0.25, 0.3) is 0 Å². The topological polar surface area (TPSA) is 38.1 Å². The molecule has 4 nitrogen and oxygen atoms in total. The number of likely N-dealkylation sites (tertiary alicyclic amines) is 1. The van der Waals surface area contributed by atoms with E-state index in [-0.39, 0.29) is 19.5 Å². The Morgan fingerprint density at radius 1 is 1.39 bits per heavy atom. The third-order valence-electron chi connectivity index (χ3n) is 3.06. The molecule has 0 radical (unpaired) electrons. The predicted octanol–water partition coefficient (Wildman–Crippen LogP) is 1.83. The van der Waals surface area contributed by atoms with Crippen LogP contribution in [-0.2, 0) is 11.3 Å². The molecule has 1 saturated heterocycles. The number of piperidine rings is 1. The lowest BCUT2D eigenvalue weighted by Gasteiger charge is -2.36. The molecule has 1 unspecified atom stereocenters. The molecule has 2 rings (SSSR count). The molecule has 0 N–H and O–H groups in total.